The second-order valence-corrected chi connectivity index (χ2v) is 4.16. The summed E-state index contributed by atoms with van der Waals surface area (Å²) in [5.74, 6) is 0.226. The quantitative estimate of drug-likeness (QED) is 0.840. The van der Waals surface area contributed by atoms with Crippen molar-refractivity contribution >= 4 is 17.5 Å². The van der Waals surface area contributed by atoms with Crippen molar-refractivity contribution in [3.63, 3.8) is 0 Å². The predicted molar refractivity (Wildman–Crippen MR) is 67.4 cm³/mol. The van der Waals surface area contributed by atoms with Crippen LogP contribution >= 0.6 is 0 Å². The number of anilines is 1. The zero-order valence-corrected chi connectivity index (χ0v) is 10.2. The molecule has 1 saturated heterocycles. The monoisotopic (exact) mass is 248 g/mol. The van der Waals surface area contributed by atoms with Crippen molar-refractivity contribution in [3.05, 3.63) is 24.3 Å². The first-order valence-electron chi connectivity index (χ1n) is 5.99. The molecule has 0 saturated carbocycles. The van der Waals surface area contributed by atoms with Crippen molar-refractivity contribution in [1.29, 1.82) is 0 Å². The molecule has 5 heteroatoms. The number of carbonyl (C=O) groups excluding carboxylic acids is 2. The number of benzene rings is 1. The molecule has 2 N–H and O–H groups in total. The molecule has 1 aliphatic heterocycles. The van der Waals surface area contributed by atoms with Gasteiger partial charge >= 0.3 is 0 Å². The van der Waals surface area contributed by atoms with E-state index in [4.69, 9.17) is 4.74 Å². The predicted octanol–water partition coefficient (Wildman–Crippen LogP) is 1.16. The van der Waals surface area contributed by atoms with Gasteiger partial charge in [-0.05, 0) is 19.1 Å². The van der Waals surface area contributed by atoms with Crippen LogP contribution in [0.5, 0.6) is 5.75 Å². The second-order valence-electron chi connectivity index (χ2n) is 4.16. The van der Waals surface area contributed by atoms with Gasteiger partial charge in [0.2, 0.25) is 11.8 Å². The van der Waals surface area contributed by atoms with E-state index in [0.717, 1.165) is 5.75 Å². The Morgan fingerprint density at radius 1 is 1.56 bits per heavy atom. The van der Waals surface area contributed by atoms with Crippen LogP contribution in [0.2, 0.25) is 0 Å². The van der Waals surface area contributed by atoms with Crippen molar-refractivity contribution in [1.82, 2.24) is 5.32 Å². The van der Waals surface area contributed by atoms with Crippen LogP contribution in [-0.4, -0.2) is 25.0 Å². The Labute approximate surface area is 106 Å². The van der Waals surface area contributed by atoms with Crippen LogP contribution < -0.4 is 15.4 Å². The van der Waals surface area contributed by atoms with Crippen LogP contribution in [0.25, 0.3) is 0 Å². The van der Waals surface area contributed by atoms with Gasteiger partial charge in [0.05, 0.1) is 12.5 Å². The maximum atomic E-state index is 11.9. The van der Waals surface area contributed by atoms with Crippen LogP contribution in [0.3, 0.4) is 0 Å². The lowest BCUT2D eigenvalue weighted by atomic mass is 10.1. The first-order valence-corrected chi connectivity index (χ1v) is 5.99. The van der Waals surface area contributed by atoms with Crippen LogP contribution in [0, 0.1) is 5.92 Å². The molecule has 2 rings (SSSR count). The van der Waals surface area contributed by atoms with Crippen molar-refractivity contribution in [3.8, 4) is 5.75 Å². The lowest BCUT2D eigenvalue weighted by Crippen LogP contribution is -2.24. The molecular weight excluding hydrogens is 232 g/mol. The Bertz CT molecular complexity index is 459. The summed E-state index contributed by atoms with van der Waals surface area (Å²) in [6.45, 7) is 2.90. The summed E-state index contributed by atoms with van der Waals surface area (Å²) < 4.78 is 5.35. The third-order valence-corrected chi connectivity index (χ3v) is 2.76. The van der Waals surface area contributed by atoms with Crippen molar-refractivity contribution < 1.29 is 14.3 Å². The summed E-state index contributed by atoms with van der Waals surface area (Å²) in [5, 5.41) is 5.44. The van der Waals surface area contributed by atoms with Gasteiger partial charge in [-0.3, -0.25) is 9.59 Å². The summed E-state index contributed by atoms with van der Waals surface area (Å²) >= 11 is 0. The molecule has 0 bridgehead atoms. The molecule has 0 spiro atoms. The maximum Gasteiger partial charge on any atom is 0.229 e. The summed E-state index contributed by atoms with van der Waals surface area (Å²) in [6, 6.07) is 7.22. The smallest absolute Gasteiger partial charge is 0.229 e. The average molecular weight is 248 g/mol. The Morgan fingerprint density at radius 2 is 2.39 bits per heavy atom. The van der Waals surface area contributed by atoms with E-state index in [1.165, 1.54) is 0 Å². The third-order valence-electron chi connectivity index (χ3n) is 2.76. The molecule has 96 valence electrons. The fourth-order valence-corrected chi connectivity index (χ4v) is 1.87. The molecule has 0 aromatic heterocycles. The SMILES string of the molecule is CCOc1cccc(NC(=O)C2CNC(=O)C2)c1. The van der Waals surface area contributed by atoms with E-state index >= 15 is 0 Å². The maximum absolute atomic E-state index is 11.9. The minimum absolute atomic E-state index is 0.0711. The zero-order valence-electron chi connectivity index (χ0n) is 10.2. The minimum atomic E-state index is -0.284. The zero-order chi connectivity index (χ0) is 13.0. The van der Waals surface area contributed by atoms with Crippen molar-refractivity contribution in [2.75, 3.05) is 18.5 Å². The number of amides is 2. The topological polar surface area (TPSA) is 67.4 Å². The first-order chi connectivity index (χ1) is 8.69. The van der Waals surface area contributed by atoms with E-state index in [1.54, 1.807) is 12.1 Å². The molecule has 18 heavy (non-hydrogen) atoms. The summed E-state index contributed by atoms with van der Waals surface area (Å²) in [4.78, 5) is 22.9. The summed E-state index contributed by atoms with van der Waals surface area (Å²) in [7, 11) is 0. The standard InChI is InChI=1S/C13H16N2O3/c1-2-18-11-5-3-4-10(7-11)15-13(17)9-6-12(16)14-8-9/h3-5,7,9H,2,6,8H2,1H3,(H,14,16)(H,15,17). The molecule has 1 aliphatic rings. The molecule has 5 nitrogen and oxygen atoms in total. The number of ether oxygens (including phenoxy) is 1. The lowest BCUT2D eigenvalue weighted by Gasteiger charge is -2.10. The first kappa shape index (κ1) is 12.4. The van der Waals surface area contributed by atoms with Crippen molar-refractivity contribution in [2.24, 2.45) is 5.92 Å². The Hall–Kier alpha value is -2.04. The van der Waals surface area contributed by atoms with Gasteiger partial charge in [-0.15, -0.1) is 0 Å². The largest absolute Gasteiger partial charge is 0.494 e. The van der Waals surface area contributed by atoms with E-state index in [0.29, 0.717) is 18.8 Å². The van der Waals surface area contributed by atoms with Gasteiger partial charge in [0.15, 0.2) is 0 Å². The number of rotatable bonds is 4. The minimum Gasteiger partial charge on any atom is -0.494 e. The molecule has 0 aliphatic carbocycles. The molecule has 1 heterocycles. The molecule has 1 fully saturated rings. The third kappa shape index (κ3) is 3.00. The number of hydrogen-bond acceptors (Lipinski definition) is 3. The Kier molecular flexibility index (Phi) is 3.82. The normalized spacial score (nSPS) is 18.3. The van der Waals surface area contributed by atoms with Gasteiger partial charge < -0.3 is 15.4 Å². The van der Waals surface area contributed by atoms with Gasteiger partial charge in [0.1, 0.15) is 5.75 Å². The Morgan fingerprint density at radius 3 is 3.06 bits per heavy atom. The van der Waals surface area contributed by atoms with E-state index in [1.807, 2.05) is 19.1 Å². The average Bonchev–Trinajstić information content (AvgIpc) is 2.77. The fraction of sp³-hybridized carbons (Fsp3) is 0.385. The van der Waals surface area contributed by atoms with Crippen LogP contribution in [-0.2, 0) is 9.59 Å². The highest BCUT2D eigenvalue weighted by molar-refractivity contribution is 5.97. The number of carbonyl (C=O) groups is 2. The lowest BCUT2D eigenvalue weighted by molar-refractivity contribution is -0.123. The summed E-state index contributed by atoms with van der Waals surface area (Å²) in [6.07, 6.45) is 0.261. The fourth-order valence-electron chi connectivity index (χ4n) is 1.87. The van der Waals surface area contributed by atoms with Crippen LogP contribution in [0.1, 0.15) is 13.3 Å². The second kappa shape index (κ2) is 5.53. The highest BCUT2D eigenvalue weighted by Crippen LogP contribution is 2.19. The van der Waals surface area contributed by atoms with Gasteiger partial charge in [-0.25, -0.2) is 0 Å². The van der Waals surface area contributed by atoms with Crippen LogP contribution in [0.15, 0.2) is 24.3 Å². The van der Waals surface area contributed by atoms with Gasteiger partial charge in [-0.1, -0.05) is 6.07 Å². The van der Waals surface area contributed by atoms with Crippen LogP contribution in [0.4, 0.5) is 5.69 Å². The van der Waals surface area contributed by atoms with E-state index in [9.17, 15) is 9.59 Å². The highest BCUT2D eigenvalue weighted by Gasteiger charge is 2.27. The molecule has 1 atom stereocenters. The summed E-state index contributed by atoms with van der Waals surface area (Å²) in [5.41, 5.74) is 0.685. The molecule has 1 unspecified atom stereocenters. The van der Waals surface area contributed by atoms with Crippen molar-refractivity contribution in [2.45, 2.75) is 13.3 Å². The molecular formula is C13H16N2O3. The number of hydrogen-bond donors (Lipinski definition) is 2. The van der Waals surface area contributed by atoms with Gasteiger partial charge in [0, 0.05) is 24.7 Å². The van der Waals surface area contributed by atoms with E-state index in [-0.39, 0.29) is 24.2 Å². The molecule has 1 aromatic carbocycles. The Balaban J connectivity index is 1.98. The van der Waals surface area contributed by atoms with E-state index < -0.39 is 0 Å². The molecule has 0 radical (unpaired) electrons. The van der Waals surface area contributed by atoms with E-state index in [2.05, 4.69) is 10.6 Å². The highest BCUT2D eigenvalue weighted by atomic mass is 16.5. The molecule has 1 aromatic rings. The van der Waals surface area contributed by atoms with Gasteiger partial charge in [0.25, 0.3) is 0 Å². The molecule has 2 amide bonds. The number of nitrogens with one attached hydrogen (secondary N) is 2. The van der Waals surface area contributed by atoms with Gasteiger partial charge in [-0.2, -0.15) is 0 Å².